The lowest BCUT2D eigenvalue weighted by atomic mass is 10.2. The third-order valence-corrected chi connectivity index (χ3v) is 3.64. The molecule has 2 aromatic rings. The Morgan fingerprint density at radius 2 is 2.05 bits per heavy atom. The Hall–Kier alpha value is -2.21. The minimum Gasteiger partial charge on any atom is -0.368 e. The van der Waals surface area contributed by atoms with Crippen molar-refractivity contribution in [2.45, 2.75) is 0 Å². The summed E-state index contributed by atoms with van der Waals surface area (Å²) in [7, 11) is 0. The van der Waals surface area contributed by atoms with Gasteiger partial charge in [0.25, 0.3) is 0 Å². The molecule has 3 rings (SSSR count). The van der Waals surface area contributed by atoms with Gasteiger partial charge in [0, 0.05) is 43.0 Å². The summed E-state index contributed by atoms with van der Waals surface area (Å²) in [6.07, 6.45) is 1.49. The lowest BCUT2D eigenvalue weighted by Gasteiger charge is -2.35. The molecule has 1 N–H and O–H groups in total. The van der Waals surface area contributed by atoms with Crippen molar-refractivity contribution in [3.05, 3.63) is 41.6 Å². The van der Waals surface area contributed by atoms with Crippen LogP contribution >= 0.6 is 11.6 Å². The third-order valence-electron chi connectivity index (χ3n) is 3.41. The molecule has 0 atom stereocenters. The Morgan fingerprint density at radius 3 is 2.71 bits per heavy atom. The molecule has 1 aliphatic rings. The Morgan fingerprint density at radius 1 is 1.24 bits per heavy atom. The summed E-state index contributed by atoms with van der Waals surface area (Å²) in [5, 5.41) is 6.95. The van der Waals surface area contributed by atoms with Gasteiger partial charge in [-0.1, -0.05) is 22.8 Å². The molecule has 1 aliphatic heterocycles. The van der Waals surface area contributed by atoms with Gasteiger partial charge in [0.05, 0.1) is 6.20 Å². The number of nitrogens with one attached hydrogen (secondary N) is 1. The van der Waals surface area contributed by atoms with Gasteiger partial charge in [-0.25, -0.2) is 4.79 Å². The highest BCUT2D eigenvalue weighted by Crippen LogP contribution is 2.21. The number of piperazine rings is 1. The summed E-state index contributed by atoms with van der Waals surface area (Å²) in [5.41, 5.74) is 1.08. The monoisotopic (exact) mass is 306 g/mol. The summed E-state index contributed by atoms with van der Waals surface area (Å²) in [6.45, 7) is 2.83. The Labute approximate surface area is 127 Å². The molecule has 0 saturated carbocycles. The predicted octanol–water partition coefficient (Wildman–Crippen LogP) is 2.68. The number of benzene rings is 1. The van der Waals surface area contributed by atoms with Crippen LogP contribution in [0.5, 0.6) is 0 Å². The molecule has 6 nitrogen and oxygen atoms in total. The first-order chi connectivity index (χ1) is 10.2. The number of halogens is 1. The number of carbonyl (C=O) groups is 1. The standard InChI is InChI=1S/C14H15ClN4O2/c15-11-2-1-3-12(10-11)18-6-8-19(9-7-18)14(20)17-13-4-5-16-21-13/h1-5,10H,6-9H2,(H,17,20). The van der Waals surface area contributed by atoms with Crippen LogP contribution < -0.4 is 10.2 Å². The molecule has 0 bridgehead atoms. The van der Waals surface area contributed by atoms with Crippen LogP contribution in [0.2, 0.25) is 5.02 Å². The molecule has 2 heterocycles. The first-order valence-corrected chi connectivity index (χ1v) is 7.07. The van der Waals surface area contributed by atoms with Gasteiger partial charge in [0.15, 0.2) is 0 Å². The van der Waals surface area contributed by atoms with Crippen LogP contribution in [0.1, 0.15) is 0 Å². The molecule has 1 saturated heterocycles. The molecule has 1 aromatic carbocycles. The van der Waals surface area contributed by atoms with Crippen molar-refractivity contribution in [3.8, 4) is 0 Å². The van der Waals surface area contributed by atoms with E-state index >= 15 is 0 Å². The molecule has 2 amide bonds. The van der Waals surface area contributed by atoms with Crippen LogP contribution in [0.3, 0.4) is 0 Å². The second-order valence-electron chi connectivity index (χ2n) is 4.76. The van der Waals surface area contributed by atoms with Gasteiger partial charge in [-0.2, -0.15) is 0 Å². The second kappa shape index (κ2) is 6.05. The maximum absolute atomic E-state index is 12.1. The molecule has 7 heteroatoms. The van der Waals surface area contributed by atoms with E-state index in [1.165, 1.54) is 6.20 Å². The van der Waals surface area contributed by atoms with Gasteiger partial charge >= 0.3 is 6.03 Å². The molecule has 0 radical (unpaired) electrons. The molecule has 21 heavy (non-hydrogen) atoms. The minimum absolute atomic E-state index is 0.169. The van der Waals surface area contributed by atoms with E-state index in [0.29, 0.717) is 19.0 Å². The van der Waals surface area contributed by atoms with E-state index in [1.54, 1.807) is 11.0 Å². The van der Waals surface area contributed by atoms with Crippen LogP contribution in [0.15, 0.2) is 41.1 Å². The molecule has 0 spiro atoms. The average Bonchev–Trinajstić information content (AvgIpc) is 3.00. The zero-order chi connectivity index (χ0) is 14.7. The number of urea groups is 1. The van der Waals surface area contributed by atoms with Gasteiger partial charge in [-0.15, -0.1) is 0 Å². The normalized spacial score (nSPS) is 15.1. The second-order valence-corrected chi connectivity index (χ2v) is 5.20. The van der Waals surface area contributed by atoms with E-state index < -0.39 is 0 Å². The maximum atomic E-state index is 12.1. The summed E-state index contributed by atoms with van der Waals surface area (Å²) in [4.78, 5) is 16.0. The number of carbonyl (C=O) groups excluding carboxylic acids is 1. The van der Waals surface area contributed by atoms with E-state index in [0.717, 1.165) is 23.8 Å². The van der Waals surface area contributed by atoms with Gasteiger partial charge in [-0.3, -0.25) is 5.32 Å². The van der Waals surface area contributed by atoms with Crippen molar-refractivity contribution in [2.75, 3.05) is 36.4 Å². The van der Waals surface area contributed by atoms with Crippen molar-refractivity contribution >= 4 is 29.2 Å². The Kier molecular flexibility index (Phi) is 3.96. The molecular weight excluding hydrogens is 292 g/mol. The predicted molar refractivity (Wildman–Crippen MR) is 80.8 cm³/mol. The maximum Gasteiger partial charge on any atom is 0.324 e. The summed E-state index contributed by atoms with van der Waals surface area (Å²) in [6, 6.07) is 9.19. The highest BCUT2D eigenvalue weighted by atomic mass is 35.5. The quantitative estimate of drug-likeness (QED) is 0.926. The SMILES string of the molecule is O=C(Nc1ccno1)N1CCN(c2cccc(Cl)c2)CC1. The largest absolute Gasteiger partial charge is 0.368 e. The summed E-state index contributed by atoms with van der Waals surface area (Å²) >= 11 is 6.01. The van der Waals surface area contributed by atoms with Crippen molar-refractivity contribution in [2.24, 2.45) is 0 Å². The van der Waals surface area contributed by atoms with E-state index in [2.05, 4.69) is 15.4 Å². The van der Waals surface area contributed by atoms with Crippen LogP contribution in [0.4, 0.5) is 16.4 Å². The minimum atomic E-state index is -0.169. The van der Waals surface area contributed by atoms with Gasteiger partial charge in [0.2, 0.25) is 5.88 Å². The Balaban J connectivity index is 1.56. The van der Waals surface area contributed by atoms with E-state index in [4.69, 9.17) is 16.1 Å². The van der Waals surface area contributed by atoms with E-state index in [1.807, 2.05) is 24.3 Å². The lowest BCUT2D eigenvalue weighted by Crippen LogP contribution is -2.50. The van der Waals surface area contributed by atoms with Crippen LogP contribution in [0, 0.1) is 0 Å². The third kappa shape index (κ3) is 3.28. The van der Waals surface area contributed by atoms with Crippen LogP contribution in [-0.2, 0) is 0 Å². The fraction of sp³-hybridized carbons (Fsp3) is 0.286. The van der Waals surface area contributed by atoms with Crippen molar-refractivity contribution in [1.29, 1.82) is 0 Å². The van der Waals surface area contributed by atoms with Crippen LogP contribution in [0.25, 0.3) is 0 Å². The summed E-state index contributed by atoms with van der Waals surface area (Å²) < 4.78 is 4.86. The van der Waals surface area contributed by atoms with Crippen molar-refractivity contribution in [1.82, 2.24) is 10.1 Å². The van der Waals surface area contributed by atoms with Gasteiger partial charge in [0.1, 0.15) is 0 Å². The smallest absolute Gasteiger partial charge is 0.324 e. The molecule has 1 fully saturated rings. The molecule has 1 aromatic heterocycles. The van der Waals surface area contributed by atoms with E-state index in [-0.39, 0.29) is 6.03 Å². The van der Waals surface area contributed by atoms with Gasteiger partial charge in [-0.05, 0) is 18.2 Å². The molecule has 110 valence electrons. The number of rotatable bonds is 2. The van der Waals surface area contributed by atoms with Gasteiger partial charge < -0.3 is 14.3 Å². The number of aromatic nitrogens is 1. The summed E-state index contributed by atoms with van der Waals surface area (Å²) in [5.74, 6) is 0.359. The van der Waals surface area contributed by atoms with E-state index in [9.17, 15) is 4.79 Å². The van der Waals surface area contributed by atoms with Crippen LogP contribution in [-0.4, -0.2) is 42.3 Å². The molecule has 0 unspecified atom stereocenters. The number of amides is 2. The zero-order valence-electron chi connectivity index (χ0n) is 11.3. The average molecular weight is 307 g/mol. The number of nitrogens with zero attached hydrogens (tertiary/aromatic N) is 3. The topological polar surface area (TPSA) is 61.6 Å². The first-order valence-electron chi connectivity index (χ1n) is 6.69. The lowest BCUT2D eigenvalue weighted by molar-refractivity contribution is 0.207. The molecular formula is C14H15ClN4O2. The van der Waals surface area contributed by atoms with Crippen molar-refractivity contribution in [3.63, 3.8) is 0 Å². The van der Waals surface area contributed by atoms with Crippen molar-refractivity contribution < 1.29 is 9.32 Å². The Bertz CT molecular complexity index is 609. The first kappa shape index (κ1) is 13.8. The number of hydrogen-bond acceptors (Lipinski definition) is 4. The fourth-order valence-electron chi connectivity index (χ4n) is 2.31. The zero-order valence-corrected chi connectivity index (χ0v) is 12.1. The highest BCUT2D eigenvalue weighted by Gasteiger charge is 2.22. The molecule has 0 aliphatic carbocycles. The number of hydrogen-bond donors (Lipinski definition) is 1. The number of anilines is 2. The fourth-order valence-corrected chi connectivity index (χ4v) is 2.49. The highest BCUT2D eigenvalue weighted by molar-refractivity contribution is 6.30.